The van der Waals surface area contributed by atoms with Gasteiger partial charge in [0.2, 0.25) is 0 Å². The zero-order valence-corrected chi connectivity index (χ0v) is 6.05. The Hall–Kier alpha value is -1.16. The Kier molecular flexibility index (Phi) is 2.38. The average molecular weight is 154 g/mol. The van der Waals surface area contributed by atoms with Gasteiger partial charge in [-0.05, 0) is 19.3 Å². The average Bonchev–Trinajstić information content (AvgIpc) is 2.50. The van der Waals surface area contributed by atoms with Crippen LogP contribution in [0.2, 0.25) is 0 Å². The second-order valence-corrected chi connectivity index (χ2v) is 2.45. The van der Waals surface area contributed by atoms with Gasteiger partial charge in [0.1, 0.15) is 0 Å². The molecule has 0 heterocycles. The van der Waals surface area contributed by atoms with E-state index in [4.69, 9.17) is 10.6 Å². The smallest absolute Gasteiger partial charge is 0.168 e. The lowest BCUT2D eigenvalue weighted by atomic mass is 10.1. The van der Waals surface area contributed by atoms with E-state index in [1.807, 2.05) is 5.48 Å². The third-order valence-electron chi connectivity index (χ3n) is 1.80. The van der Waals surface area contributed by atoms with Crippen LogP contribution in [-0.4, -0.2) is 17.2 Å². The summed E-state index contributed by atoms with van der Waals surface area (Å²) in [6.45, 7) is 0. The van der Waals surface area contributed by atoms with Crippen molar-refractivity contribution in [1.82, 2.24) is 5.48 Å². The molecular weight excluding hydrogens is 144 g/mol. The van der Waals surface area contributed by atoms with Gasteiger partial charge in [0.15, 0.2) is 6.29 Å². The van der Waals surface area contributed by atoms with Gasteiger partial charge >= 0.3 is 0 Å². The summed E-state index contributed by atoms with van der Waals surface area (Å²) in [4.78, 5) is 10.2. The van der Waals surface area contributed by atoms with E-state index in [9.17, 15) is 4.79 Å². The summed E-state index contributed by atoms with van der Waals surface area (Å²) in [7, 11) is 0. The Bertz CT molecular complexity index is 220. The van der Waals surface area contributed by atoms with Crippen LogP contribution in [0.3, 0.4) is 0 Å². The third-order valence-corrected chi connectivity index (χ3v) is 1.80. The highest BCUT2D eigenvalue weighted by atomic mass is 16.5. The van der Waals surface area contributed by atoms with Crippen molar-refractivity contribution in [3.05, 3.63) is 11.3 Å². The van der Waals surface area contributed by atoms with Gasteiger partial charge in [0, 0.05) is 11.3 Å². The van der Waals surface area contributed by atoms with Crippen molar-refractivity contribution in [3.8, 4) is 0 Å². The van der Waals surface area contributed by atoms with Crippen molar-refractivity contribution >= 4 is 12.0 Å². The van der Waals surface area contributed by atoms with Crippen molar-refractivity contribution in [2.75, 3.05) is 0 Å². The fourth-order valence-electron chi connectivity index (χ4n) is 1.24. The zero-order valence-electron chi connectivity index (χ0n) is 6.05. The SMILES string of the molecule is N=C(C=O)C1=C(NO)CCC1. The van der Waals surface area contributed by atoms with E-state index in [2.05, 4.69) is 0 Å². The molecule has 11 heavy (non-hydrogen) atoms. The summed E-state index contributed by atoms with van der Waals surface area (Å²) in [6.07, 6.45) is 2.83. The van der Waals surface area contributed by atoms with Gasteiger partial charge in [-0.2, -0.15) is 0 Å². The highest BCUT2D eigenvalue weighted by molar-refractivity contribution is 6.34. The summed E-state index contributed by atoms with van der Waals surface area (Å²) >= 11 is 0. The van der Waals surface area contributed by atoms with Crippen LogP contribution in [0.4, 0.5) is 0 Å². The van der Waals surface area contributed by atoms with E-state index in [0.29, 0.717) is 24.0 Å². The number of hydrogen-bond donors (Lipinski definition) is 3. The summed E-state index contributed by atoms with van der Waals surface area (Å²) in [5.74, 6) is 0. The molecule has 0 radical (unpaired) electrons. The molecule has 0 spiro atoms. The van der Waals surface area contributed by atoms with Gasteiger partial charge in [0.25, 0.3) is 0 Å². The molecule has 1 rings (SSSR count). The molecule has 3 N–H and O–H groups in total. The lowest BCUT2D eigenvalue weighted by Crippen LogP contribution is -2.11. The van der Waals surface area contributed by atoms with Crippen LogP contribution in [0, 0.1) is 5.41 Å². The molecule has 0 aromatic rings. The van der Waals surface area contributed by atoms with Crippen LogP contribution in [0.1, 0.15) is 19.3 Å². The van der Waals surface area contributed by atoms with Gasteiger partial charge in [-0.3, -0.25) is 20.9 Å². The minimum absolute atomic E-state index is 0.0287. The minimum Gasteiger partial charge on any atom is -0.297 e. The van der Waals surface area contributed by atoms with E-state index >= 15 is 0 Å². The van der Waals surface area contributed by atoms with Crippen LogP contribution >= 0.6 is 0 Å². The molecule has 4 nitrogen and oxygen atoms in total. The Balaban J connectivity index is 2.82. The maximum absolute atomic E-state index is 10.2. The van der Waals surface area contributed by atoms with Crippen molar-refractivity contribution in [3.63, 3.8) is 0 Å². The topological polar surface area (TPSA) is 73.2 Å². The summed E-state index contributed by atoms with van der Waals surface area (Å²) < 4.78 is 0. The van der Waals surface area contributed by atoms with E-state index in [1.165, 1.54) is 0 Å². The molecule has 0 aromatic carbocycles. The largest absolute Gasteiger partial charge is 0.297 e. The first-order valence-electron chi connectivity index (χ1n) is 3.46. The Morgan fingerprint density at radius 1 is 1.64 bits per heavy atom. The normalized spacial score (nSPS) is 16.8. The van der Waals surface area contributed by atoms with Crippen LogP contribution in [0.15, 0.2) is 11.3 Å². The Labute approximate surface area is 64.4 Å². The van der Waals surface area contributed by atoms with Crippen LogP contribution in [0.5, 0.6) is 0 Å². The maximum Gasteiger partial charge on any atom is 0.168 e. The minimum atomic E-state index is -0.0287. The quantitative estimate of drug-likeness (QED) is 0.317. The second-order valence-electron chi connectivity index (χ2n) is 2.45. The number of carbonyl (C=O) groups is 1. The van der Waals surface area contributed by atoms with E-state index in [0.717, 1.165) is 12.8 Å². The Morgan fingerprint density at radius 3 is 2.91 bits per heavy atom. The van der Waals surface area contributed by atoms with Crippen LogP contribution in [-0.2, 0) is 4.79 Å². The summed E-state index contributed by atoms with van der Waals surface area (Å²) in [5, 5.41) is 15.8. The number of carbonyl (C=O) groups excluding carboxylic acids is 1. The van der Waals surface area contributed by atoms with Gasteiger partial charge in [-0.1, -0.05) is 0 Å². The van der Waals surface area contributed by atoms with Crippen LogP contribution in [0.25, 0.3) is 0 Å². The molecule has 60 valence electrons. The fraction of sp³-hybridized carbons (Fsp3) is 0.429. The maximum atomic E-state index is 10.2. The second kappa shape index (κ2) is 3.30. The molecule has 1 aliphatic rings. The number of nitrogens with one attached hydrogen (secondary N) is 2. The zero-order chi connectivity index (χ0) is 8.27. The van der Waals surface area contributed by atoms with Crippen molar-refractivity contribution < 1.29 is 10.0 Å². The summed E-state index contributed by atoms with van der Waals surface area (Å²) in [5.41, 5.74) is 3.23. The lowest BCUT2D eigenvalue weighted by Gasteiger charge is -2.01. The van der Waals surface area contributed by atoms with Crippen molar-refractivity contribution in [2.45, 2.75) is 19.3 Å². The fourth-order valence-corrected chi connectivity index (χ4v) is 1.24. The molecule has 0 unspecified atom stereocenters. The number of allylic oxidation sites excluding steroid dienone is 2. The summed E-state index contributed by atoms with van der Waals surface area (Å²) in [6, 6.07) is 0. The molecule has 0 saturated heterocycles. The first-order valence-corrected chi connectivity index (χ1v) is 3.46. The number of rotatable bonds is 3. The molecule has 0 amide bonds. The first kappa shape index (κ1) is 7.94. The molecule has 0 fully saturated rings. The van der Waals surface area contributed by atoms with Gasteiger partial charge in [-0.15, -0.1) is 0 Å². The van der Waals surface area contributed by atoms with Crippen molar-refractivity contribution in [1.29, 1.82) is 5.41 Å². The molecule has 0 aromatic heterocycles. The molecule has 0 aliphatic heterocycles. The van der Waals surface area contributed by atoms with Gasteiger partial charge in [-0.25, -0.2) is 0 Å². The van der Waals surface area contributed by atoms with E-state index < -0.39 is 0 Å². The first-order chi connectivity index (χ1) is 5.29. The molecule has 4 heteroatoms. The van der Waals surface area contributed by atoms with Crippen LogP contribution < -0.4 is 5.48 Å². The molecular formula is C7H10N2O2. The molecule has 1 aliphatic carbocycles. The standard InChI is InChI=1S/C7H10N2O2/c8-6(4-10)5-2-1-3-7(5)9-11/h4,8-9,11H,1-3H2. The highest BCUT2D eigenvalue weighted by Crippen LogP contribution is 2.23. The predicted octanol–water partition coefficient (Wildman–Crippen LogP) is 0.622. The van der Waals surface area contributed by atoms with Gasteiger partial charge < -0.3 is 0 Å². The monoisotopic (exact) mass is 154 g/mol. The molecule has 0 atom stereocenters. The number of hydrogen-bond acceptors (Lipinski definition) is 4. The molecule has 0 bridgehead atoms. The van der Waals surface area contributed by atoms with Gasteiger partial charge in [0.05, 0.1) is 5.71 Å². The molecule has 0 saturated carbocycles. The number of aldehydes is 1. The lowest BCUT2D eigenvalue weighted by molar-refractivity contribution is -0.102. The number of hydroxylamine groups is 1. The Morgan fingerprint density at radius 2 is 2.36 bits per heavy atom. The van der Waals surface area contributed by atoms with E-state index in [1.54, 1.807) is 0 Å². The van der Waals surface area contributed by atoms with Crippen molar-refractivity contribution in [2.24, 2.45) is 0 Å². The highest BCUT2D eigenvalue weighted by Gasteiger charge is 2.16. The van der Waals surface area contributed by atoms with E-state index in [-0.39, 0.29) is 5.71 Å². The third kappa shape index (κ3) is 1.46. The predicted molar refractivity (Wildman–Crippen MR) is 39.6 cm³/mol.